The van der Waals surface area contributed by atoms with Gasteiger partial charge in [0, 0.05) is 36.5 Å². The van der Waals surface area contributed by atoms with Gasteiger partial charge in [-0.1, -0.05) is 18.2 Å². The summed E-state index contributed by atoms with van der Waals surface area (Å²) >= 11 is 3.46. The second kappa shape index (κ2) is 10.6. The van der Waals surface area contributed by atoms with Crippen LogP contribution in [0.15, 0.2) is 41.3 Å². The standard InChI is InChI=1S/C30H33BrN6O3/c1-19(38)29-21-10-11-32-16-24(21)36(34-29)17-28(40)37-23-14-30(15-26(30)37)18-35(2)12-6-4-3-5-7-20-8-9-27(31)33-22(20)13-25(23)39/h5,7-11,16,23,26H,3-4,6,12-15,17-18H2,1-2H3/t23-,26+,30-/m0/s1. The Balaban J connectivity index is 1.33. The normalized spacial score (nSPS) is 25.3. The predicted octanol–water partition coefficient (Wildman–Crippen LogP) is 4.09. The van der Waals surface area contributed by atoms with Crippen LogP contribution in [0.25, 0.3) is 17.0 Å². The number of aromatic nitrogens is 4. The van der Waals surface area contributed by atoms with Crippen LogP contribution in [-0.4, -0.2) is 79.2 Å². The molecule has 3 aromatic rings. The highest BCUT2D eigenvalue weighted by Crippen LogP contribution is 2.60. The summed E-state index contributed by atoms with van der Waals surface area (Å²) in [5.41, 5.74) is 2.54. The number of Topliss-reactive ketones (excluding diaryl/α,β-unsaturated/α-hetero) is 2. The molecule has 2 bridgehead atoms. The van der Waals surface area contributed by atoms with Crippen molar-refractivity contribution >= 4 is 50.4 Å². The molecule has 3 atom stereocenters. The van der Waals surface area contributed by atoms with Gasteiger partial charge in [0.2, 0.25) is 5.91 Å². The average Bonchev–Trinajstić information content (AvgIpc) is 3.31. The molecule has 1 saturated heterocycles. The van der Waals surface area contributed by atoms with E-state index in [1.165, 1.54) is 6.92 Å². The second-order valence-electron chi connectivity index (χ2n) is 11.5. The maximum absolute atomic E-state index is 14.0. The van der Waals surface area contributed by atoms with Crippen molar-refractivity contribution in [2.45, 2.75) is 64.1 Å². The number of hydrogen-bond donors (Lipinski definition) is 0. The summed E-state index contributed by atoms with van der Waals surface area (Å²) in [5.74, 6) is -0.313. The van der Waals surface area contributed by atoms with Crippen molar-refractivity contribution in [3.05, 3.63) is 58.2 Å². The fourth-order valence-corrected chi connectivity index (χ4v) is 6.98. The second-order valence-corrected chi connectivity index (χ2v) is 12.3. The highest BCUT2D eigenvalue weighted by atomic mass is 79.9. The summed E-state index contributed by atoms with van der Waals surface area (Å²) in [6.07, 6.45) is 12.4. The molecule has 6 rings (SSSR count). The number of carbonyl (C=O) groups excluding carboxylic acids is 3. The molecule has 208 valence electrons. The molecule has 1 aliphatic carbocycles. The van der Waals surface area contributed by atoms with Crippen LogP contribution in [-0.2, 0) is 22.6 Å². The first-order chi connectivity index (χ1) is 19.3. The maximum atomic E-state index is 14.0. The molecular weight excluding hydrogens is 572 g/mol. The van der Waals surface area contributed by atoms with Gasteiger partial charge in [-0.15, -0.1) is 0 Å². The number of amides is 1. The van der Waals surface area contributed by atoms with Crippen molar-refractivity contribution < 1.29 is 14.4 Å². The summed E-state index contributed by atoms with van der Waals surface area (Å²) in [6, 6.07) is 5.13. The zero-order valence-corrected chi connectivity index (χ0v) is 24.4. The van der Waals surface area contributed by atoms with E-state index in [2.05, 4.69) is 55.1 Å². The van der Waals surface area contributed by atoms with Gasteiger partial charge in [0.25, 0.3) is 0 Å². The average molecular weight is 606 g/mol. The molecule has 0 radical (unpaired) electrons. The summed E-state index contributed by atoms with van der Waals surface area (Å²) in [5, 5.41) is 5.15. The lowest BCUT2D eigenvalue weighted by Gasteiger charge is -2.27. The molecule has 3 aliphatic rings. The first kappa shape index (κ1) is 27.0. The Kier molecular flexibility index (Phi) is 7.16. The Hall–Kier alpha value is -3.24. The number of rotatable bonds is 3. The lowest BCUT2D eigenvalue weighted by atomic mass is 9.94. The van der Waals surface area contributed by atoms with Crippen LogP contribution in [0.3, 0.4) is 0 Å². The first-order valence-corrected chi connectivity index (χ1v) is 14.7. The minimum absolute atomic E-state index is 0.00844. The molecular formula is C30H33BrN6O3. The Morgan fingerprint density at radius 1 is 1.18 bits per heavy atom. The molecule has 2 aliphatic heterocycles. The van der Waals surface area contributed by atoms with Gasteiger partial charge in [0.05, 0.1) is 29.9 Å². The molecule has 40 heavy (non-hydrogen) atoms. The van der Waals surface area contributed by atoms with Crippen molar-refractivity contribution in [1.82, 2.24) is 29.5 Å². The maximum Gasteiger partial charge on any atom is 0.245 e. The summed E-state index contributed by atoms with van der Waals surface area (Å²) in [7, 11) is 2.14. The molecule has 5 heterocycles. The van der Waals surface area contributed by atoms with E-state index in [1.54, 1.807) is 23.1 Å². The number of halogens is 1. The van der Waals surface area contributed by atoms with Gasteiger partial charge in [-0.2, -0.15) is 5.10 Å². The quantitative estimate of drug-likeness (QED) is 0.328. The molecule has 0 aromatic carbocycles. The summed E-state index contributed by atoms with van der Waals surface area (Å²) in [4.78, 5) is 53.2. The van der Waals surface area contributed by atoms with Gasteiger partial charge in [-0.25, -0.2) is 4.98 Å². The smallest absolute Gasteiger partial charge is 0.245 e. The van der Waals surface area contributed by atoms with Crippen LogP contribution in [0.2, 0.25) is 0 Å². The third kappa shape index (κ3) is 5.03. The lowest BCUT2D eigenvalue weighted by Crippen LogP contribution is -2.45. The fourth-order valence-electron chi connectivity index (χ4n) is 6.63. The highest BCUT2D eigenvalue weighted by molar-refractivity contribution is 9.10. The predicted molar refractivity (Wildman–Crippen MR) is 155 cm³/mol. The fraction of sp³-hybridized carbons (Fsp3) is 0.467. The number of likely N-dealkylation sites (tertiary alicyclic amines) is 1. The van der Waals surface area contributed by atoms with E-state index in [1.807, 2.05) is 17.0 Å². The number of nitrogens with zero attached hydrogens (tertiary/aromatic N) is 6. The molecule has 0 N–H and O–H groups in total. The molecule has 2 fully saturated rings. The summed E-state index contributed by atoms with van der Waals surface area (Å²) in [6.45, 7) is 3.27. The third-order valence-corrected chi connectivity index (χ3v) is 9.05. The molecule has 10 heteroatoms. The molecule has 9 nitrogen and oxygen atoms in total. The van der Waals surface area contributed by atoms with Crippen molar-refractivity contribution in [3.8, 4) is 0 Å². The Bertz CT molecular complexity index is 1530. The number of hydrogen-bond acceptors (Lipinski definition) is 7. The van der Waals surface area contributed by atoms with Crippen molar-refractivity contribution in [3.63, 3.8) is 0 Å². The Labute approximate surface area is 241 Å². The number of pyridine rings is 2. The number of fused-ring (bicyclic) bond motifs is 3. The number of allylic oxidation sites excluding steroid dienone is 1. The molecule has 1 saturated carbocycles. The molecule has 1 spiro atoms. The zero-order chi connectivity index (χ0) is 28.0. The largest absolute Gasteiger partial charge is 0.327 e. The van der Waals surface area contributed by atoms with Crippen LogP contribution in [0.5, 0.6) is 0 Å². The summed E-state index contributed by atoms with van der Waals surface area (Å²) < 4.78 is 2.24. The minimum Gasteiger partial charge on any atom is -0.327 e. The van der Waals surface area contributed by atoms with E-state index in [-0.39, 0.29) is 41.9 Å². The van der Waals surface area contributed by atoms with Gasteiger partial charge < -0.3 is 9.80 Å². The van der Waals surface area contributed by atoms with Crippen LogP contribution in [0.4, 0.5) is 0 Å². The minimum atomic E-state index is -0.519. The van der Waals surface area contributed by atoms with E-state index in [0.717, 1.165) is 50.0 Å². The Morgan fingerprint density at radius 2 is 2.02 bits per heavy atom. The first-order valence-electron chi connectivity index (χ1n) is 13.9. The van der Waals surface area contributed by atoms with E-state index in [9.17, 15) is 14.4 Å². The van der Waals surface area contributed by atoms with Gasteiger partial charge in [-0.05, 0) is 79.3 Å². The van der Waals surface area contributed by atoms with E-state index < -0.39 is 6.04 Å². The van der Waals surface area contributed by atoms with E-state index >= 15 is 0 Å². The van der Waals surface area contributed by atoms with Gasteiger partial charge in [0.1, 0.15) is 16.8 Å². The topological polar surface area (TPSA) is 101 Å². The number of piperidine rings is 1. The lowest BCUT2D eigenvalue weighted by molar-refractivity contribution is -0.139. The molecule has 0 unspecified atom stereocenters. The van der Waals surface area contributed by atoms with Gasteiger partial charge >= 0.3 is 0 Å². The van der Waals surface area contributed by atoms with Crippen LogP contribution >= 0.6 is 15.9 Å². The Morgan fingerprint density at radius 3 is 2.85 bits per heavy atom. The monoisotopic (exact) mass is 604 g/mol. The highest BCUT2D eigenvalue weighted by Gasteiger charge is 2.66. The van der Waals surface area contributed by atoms with Gasteiger partial charge in [0.15, 0.2) is 11.6 Å². The molecule has 1 amide bonds. The van der Waals surface area contributed by atoms with Gasteiger partial charge in [-0.3, -0.25) is 24.0 Å². The SMILES string of the molecule is CC(=O)c1nn(CC(=O)N2[C@H]3C[C@]4(C[C@@H]24)CN(C)CCCCC=Cc2ccc(Br)nc2CC3=O)c2cnccc12. The van der Waals surface area contributed by atoms with Crippen LogP contribution in [0.1, 0.15) is 60.8 Å². The van der Waals surface area contributed by atoms with E-state index in [4.69, 9.17) is 0 Å². The number of carbonyl (C=O) groups is 3. The zero-order valence-electron chi connectivity index (χ0n) is 22.8. The van der Waals surface area contributed by atoms with Crippen molar-refractivity contribution in [2.75, 3.05) is 20.1 Å². The molecule has 3 aromatic heterocycles. The van der Waals surface area contributed by atoms with Crippen molar-refractivity contribution in [2.24, 2.45) is 5.41 Å². The number of ketones is 2. The third-order valence-electron chi connectivity index (χ3n) is 8.61. The van der Waals surface area contributed by atoms with E-state index in [0.29, 0.717) is 27.6 Å². The van der Waals surface area contributed by atoms with Crippen LogP contribution < -0.4 is 0 Å². The van der Waals surface area contributed by atoms with Crippen LogP contribution in [0, 0.1) is 5.41 Å². The van der Waals surface area contributed by atoms with Crippen molar-refractivity contribution in [1.29, 1.82) is 0 Å².